The number of phenols is 1. The first-order valence-corrected chi connectivity index (χ1v) is 9.60. The van der Waals surface area contributed by atoms with Crippen LogP contribution < -0.4 is 10.2 Å². The molecule has 4 amide bonds. The molecular weight excluding hydrogens is 562 g/mol. The standard InChI is InChI=1S/C18H12I2N2O4/c1-9-4-2-3-5-14(9)22-17(25)11(16(24)21-18(22)26)6-10-7-12(19)15(23)13(20)8-10/h2-8,23H,1H3,(H,21,24,26)/b11-6+. The van der Waals surface area contributed by atoms with Gasteiger partial charge in [-0.1, -0.05) is 18.2 Å². The summed E-state index contributed by atoms with van der Waals surface area (Å²) < 4.78 is 1.19. The van der Waals surface area contributed by atoms with E-state index in [1.165, 1.54) is 6.08 Å². The van der Waals surface area contributed by atoms with Crippen molar-refractivity contribution in [2.75, 3.05) is 4.90 Å². The summed E-state index contributed by atoms with van der Waals surface area (Å²) in [5.74, 6) is -1.29. The lowest BCUT2D eigenvalue weighted by Gasteiger charge is -2.27. The van der Waals surface area contributed by atoms with Gasteiger partial charge in [0.15, 0.2) is 0 Å². The topological polar surface area (TPSA) is 86.7 Å². The molecule has 0 radical (unpaired) electrons. The summed E-state index contributed by atoms with van der Waals surface area (Å²) in [6.45, 7) is 1.78. The highest BCUT2D eigenvalue weighted by molar-refractivity contribution is 14.1. The number of halogens is 2. The molecule has 0 atom stereocenters. The number of nitrogens with zero attached hydrogens (tertiary/aromatic N) is 1. The fourth-order valence-corrected chi connectivity index (χ4v) is 4.34. The third kappa shape index (κ3) is 3.47. The average Bonchev–Trinajstić information content (AvgIpc) is 2.58. The normalized spacial score (nSPS) is 16.2. The number of carbonyl (C=O) groups is 3. The van der Waals surface area contributed by atoms with Gasteiger partial charge >= 0.3 is 6.03 Å². The Morgan fingerprint density at radius 2 is 1.69 bits per heavy atom. The maximum absolute atomic E-state index is 12.9. The lowest BCUT2D eigenvalue weighted by atomic mass is 10.1. The zero-order valence-electron chi connectivity index (χ0n) is 13.4. The van der Waals surface area contributed by atoms with Crippen molar-refractivity contribution in [1.29, 1.82) is 0 Å². The summed E-state index contributed by atoms with van der Waals surface area (Å²) in [6, 6.07) is 9.47. The number of imide groups is 2. The monoisotopic (exact) mass is 574 g/mol. The molecular formula is C18H12I2N2O4. The van der Waals surface area contributed by atoms with Crippen molar-refractivity contribution in [3.8, 4) is 5.75 Å². The molecule has 8 heteroatoms. The molecule has 26 heavy (non-hydrogen) atoms. The van der Waals surface area contributed by atoms with Gasteiger partial charge in [-0.05, 0) is 87.5 Å². The minimum Gasteiger partial charge on any atom is -0.506 e. The van der Waals surface area contributed by atoms with Gasteiger partial charge < -0.3 is 5.11 Å². The van der Waals surface area contributed by atoms with E-state index >= 15 is 0 Å². The number of hydrogen-bond acceptors (Lipinski definition) is 4. The maximum Gasteiger partial charge on any atom is 0.335 e. The van der Waals surface area contributed by atoms with Crippen LogP contribution in [-0.2, 0) is 9.59 Å². The predicted molar refractivity (Wildman–Crippen MR) is 114 cm³/mol. The van der Waals surface area contributed by atoms with Gasteiger partial charge in [0, 0.05) is 0 Å². The van der Waals surface area contributed by atoms with E-state index in [0.717, 1.165) is 10.5 Å². The van der Waals surface area contributed by atoms with Gasteiger partial charge in [-0.25, -0.2) is 9.69 Å². The van der Waals surface area contributed by atoms with Crippen LogP contribution in [0.5, 0.6) is 5.75 Å². The van der Waals surface area contributed by atoms with Gasteiger partial charge in [-0.2, -0.15) is 0 Å². The van der Waals surface area contributed by atoms with Gasteiger partial charge in [-0.15, -0.1) is 0 Å². The molecule has 1 aliphatic rings. The van der Waals surface area contributed by atoms with Gasteiger partial charge in [0.2, 0.25) is 0 Å². The van der Waals surface area contributed by atoms with Crippen LogP contribution in [0.2, 0.25) is 0 Å². The van der Waals surface area contributed by atoms with Crippen molar-refractivity contribution >= 4 is 74.8 Å². The minimum atomic E-state index is -0.777. The number of barbiturate groups is 1. The number of rotatable bonds is 2. The highest BCUT2D eigenvalue weighted by Gasteiger charge is 2.37. The third-order valence-corrected chi connectivity index (χ3v) is 5.45. The van der Waals surface area contributed by atoms with Crippen LogP contribution in [0.3, 0.4) is 0 Å². The summed E-state index contributed by atoms with van der Waals surface area (Å²) in [6.07, 6.45) is 1.42. The van der Waals surface area contributed by atoms with Crippen LogP contribution in [0, 0.1) is 14.1 Å². The van der Waals surface area contributed by atoms with Crippen LogP contribution in [0.4, 0.5) is 10.5 Å². The Hall–Kier alpha value is -1.95. The molecule has 0 aromatic heterocycles. The molecule has 0 saturated carbocycles. The van der Waals surface area contributed by atoms with Crippen LogP contribution in [-0.4, -0.2) is 23.0 Å². The third-order valence-electron chi connectivity index (χ3n) is 3.81. The molecule has 6 nitrogen and oxygen atoms in total. The van der Waals surface area contributed by atoms with E-state index < -0.39 is 17.8 Å². The second-order valence-electron chi connectivity index (χ2n) is 5.58. The molecule has 1 heterocycles. The van der Waals surface area contributed by atoms with Crippen LogP contribution in [0.1, 0.15) is 11.1 Å². The summed E-state index contributed by atoms with van der Waals surface area (Å²) in [7, 11) is 0. The predicted octanol–water partition coefficient (Wildman–Crippen LogP) is 3.58. The molecule has 1 aliphatic heterocycles. The highest BCUT2D eigenvalue weighted by Crippen LogP contribution is 2.29. The fourth-order valence-electron chi connectivity index (χ4n) is 2.53. The Labute approximate surface area is 176 Å². The molecule has 0 bridgehead atoms. The van der Waals surface area contributed by atoms with Crippen molar-refractivity contribution in [3.63, 3.8) is 0 Å². The van der Waals surface area contributed by atoms with E-state index in [-0.39, 0.29) is 11.3 Å². The molecule has 132 valence electrons. The number of aryl methyl sites for hydroxylation is 1. The molecule has 1 saturated heterocycles. The molecule has 2 N–H and O–H groups in total. The molecule has 2 aromatic rings. The summed E-state index contributed by atoms with van der Waals surface area (Å²) >= 11 is 3.93. The van der Waals surface area contributed by atoms with Crippen LogP contribution >= 0.6 is 45.2 Å². The highest BCUT2D eigenvalue weighted by atomic mass is 127. The lowest BCUT2D eigenvalue weighted by Crippen LogP contribution is -2.54. The van der Waals surface area contributed by atoms with E-state index in [2.05, 4.69) is 5.32 Å². The van der Waals surface area contributed by atoms with Crippen LogP contribution in [0.15, 0.2) is 42.0 Å². The van der Waals surface area contributed by atoms with E-state index in [4.69, 9.17) is 0 Å². The van der Waals surface area contributed by atoms with E-state index in [9.17, 15) is 19.5 Å². The van der Waals surface area contributed by atoms with Gasteiger partial charge in [-0.3, -0.25) is 14.9 Å². The summed E-state index contributed by atoms with van der Waals surface area (Å²) in [4.78, 5) is 38.3. The molecule has 0 aliphatic carbocycles. The first-order chi connectivity index (χ1) is 12.3. The number of anilines is 1. The zero-order valence-corrected chi connectivity index (χ0v) is 17.7. The number of urea groups is 1. The SMILES string of the molecule is Cc1ccccc1N1C(=O)NC(=O)/C(=C\c2cc(I)c(O)c(I)c2)C1=O. The first-order valence-electron chi connectivity index (χ1n) is 7.44. The average molecular weight is 574 g/mol. The molecule has 0 unspecified atom stereocenters. The Kier molecular flexibility index (Phi) is 5.32. The second-order valence-corrected chi connectivity index (χ2v) is 7.90. The molecule has 3 rings (SSSR count). The van der Waals surface area contributed by atoms with Gasteiger partial charge in [0.1, 0.15) is 11.3 Å². The van der Waals surface area contributed by atoms with Crippen molar-refractivity contribution in [3.05, 3.63) is 60.2 Å². The van der Waals surface area contributed by atoms with Crippen molar-refractivity contribution in [1.82, 2.24) is 5.32 Å². The minimum absolute atomic E-state index is 0.143. The largest absolute Gasteiger partial charge is 0.506 e. The second kappa shape index (κ2) is 7.35. The number of para-hydroxylation sites is 1. The molecule has 0 spiro atoms. The Bertz CT molecular complexity index is 962. The molecule has 1 fully saturated rings. The van der Waals surface area contributed by atoms with Crippen molar-refractivity contribution in [2.45, 2.75) is 6.92 Å². The number of amides is 4. The van der Waals surface area contributed by atoms with Crippen LogP contribution in [0.25, 0.3) is 6.08 Å². The number of phenolic OH excluding ortho intramolecular Hbond substituents is 1. The van der Waals surface area contributed by atoms with Gasteiger partial charge in [0.05, 0.1) is 12.8 Å². The maximum atomic E-state index is 12.9. The van der Waals surface area contributed by atoms with E-state index in [0.29, 0.717) is 18.4 Å². The number of benzene rings is 2. The first kappa shape index (κ1) is 18.8. The number of carbonyl (C=O) groups excluding carboxylic acids is 3. The number of aromatic hydroxyl groups is 1. The quantitative estimate of drug-likeness (QED) is 0.327. The lowest BCUT2D eigenvalue weighted by molar-refractivity contribution is -0.122. The van der Waals surface area contributed by atoms with E-state index in [1.54, 1.807) is 43.3 Å². The summed E-state index contributed by atoms with van der Waals surface area (Å²) in [5.41, 5.74) is 1.58. The molecule has 2 aromatic carbocycles. The van der Waals surface area contributed by atoms with Gasteiger partial charge in [0.25, 0.3) is 11.8 Å². The Morgan fingerprint density at radius 3 is 2.31 bits per heavy atom. The Morgan fingerprint density at radius 1 is 1.08 bits per heavy atom. The summed E-state index contributed by atoms with van der Waals surface area (Å²) in [5, 5.41) is 12.1. The Balaban J connectivity index is 2.07. The van der Waals surface area contributed by atoms with Crippen molar-refractivity contribution < 1.29 is 19.5 Å². The zero-order chi connectivity index (χ0) is 19.0. The van der Waals surface area contributed by atoms with E-state index in [1.807, 2.05) is 45.2 Å². The van der Waals surface area contributed by atoms with Crippen molar-refractivity contribution in [2.24, 2.45) is 0 Å². The smallest absolute Gasteiger partial charge is 0.335 e. The number of hydrogen-bond donors (Lipinski definition) is 2. The number of nitrogens with one attached hydrogen (secondary N) is 1. The fraction of sp³-hybridized carbons (Fsp3) is 0.0556.